The molecule has 2 rings (SSSR count). The van der Waals surface area contributed by atoms with Crippen molar-refractivity contribution in [3.63, 3.8) is 0 Å². The second kappa shape index (κ2) is 7.94. The molecule has 4 N–H and O–H groups in total. The zero-order chi connectivity index (χ0) is 20.6. The third-order valence-corrected chi connectivity index (χ3v) is 5.94. The lowest BCUT2D eigenvalue weighted by atomic mass is 10.1. The van der Waals surface area contributed by atoms with E-state index in [0.717, 1.165) is 16.8 Å². The Hall–Kier alpha value is -1.36. The van der Waals surface area contributed by atoms with Gasteiger partial charge in [0.05, 0.1) is 0 Å². The van der Waals surface area contributed by atoms with Crippen LogP contribution >= 0.6 is 7.52 Å². The Morgan fingerprint density at radius 2 is 2.07 bits per heavy atom. The fraction of sp³-hybridized carbons (Fsp3) is 0.733. The van der Waals surface area contributed by atoms with Gasteiger partial charge >= 0.3 is 5.69 Å². The highest BCUT2D eigenvalue weighted by atomic mass is 31.2. The van der Waals surface area contributed by atoms with Gasteiger partial charge in [0.1, 0.15) is 18.8 Å². The van der Waals surface area contributed by atoms with E-state index in [9.17, 15) is 24.4 Å². The molecule has 154 valence electrons. The van der Waals surface area contributed by atoms with E-state index in [0.29, 0.717) is 0 Å². The summed E-state index contributed by atoms with van der Waals surface area (Å²) in [5.41, 5.74) is -1.63. The molecule has 10 nitrogen and oxygen atoms in total. The van der Waals surface area contributed by atoms with Gasteiger partial charge < -0.3 is 19.5 Å². The maximum absolute atomic E-state index is 15.0. The number of hydrogen-bond acceptors (Lipinski definition) is 7. The molecule has 0 bridgehead atoms. The summed E-state index contributed by atoms with van der Waals surface area (Å²) in [6.07, 6.45) is -4.48. The minimum Gasteiger partial charge on any atom is -0.385 e. The average Bonchev–Trinajstić information content (AvgIpc) is 2.78. The van der Waals surface area contributed by atoms with Crippen molar-refractivity contribution >= 4 is 7.52 Å². The molecule has 2 unspecified atom stereocenters. The van der Waals surface area contributed by atoms with E-state index in [2.05, 4.69) is 5.09 Å². The van der Waals surface area contributed by atoms with Crippen molar-refractivity contribution in [2.45, 2.75) is 51.1 Å². The van der Waals surface area contributed by atoms with Crippen LogP contribution in [-0.2, 0) is 13.8 Å². The lowest BCUT2D eigenvalue weighted by molar-refractivity contribution is -0.203. The van der Waals surface area contributed by atoms with Crippen molar-refractivity contribution < 1.29 is 28.4 Å². The molecule has 1 aromatic rings. The standard InChI is InChI=1S/C15H25FN3O7P/c1-8(2)9(3)18-27(4,24)25-7-15(16)12(22)11(21)13(26-15)19-6-5-10(20)17-14(19)23/h5-6,8-9,11-13,21-22H,7H2,1-4H3,(H,18,24)(H,17,20,23)/t9-,11-,12?,13+,15+,27?/m0/s1. The molecule has 0 saturated carbocycles. The van der Waals surface area contributed by atoms with Gasteiger partial charge in [0.2, 0.25) is 0 Å². The van der Waals surface area contributed by atoms with Gasteiger partial charge in [-0.1, -0.05) is 13.8 Å². The number of aliphatic hydroxyl groups excluding tert-OH is 2. The Labute approximate surface area is 154 Å². The van der Waals surface area contributed by atoms with Gasteiger partial charge in [-0.05, 0) is 12.8 Å². The molecule has 1 aromatic heterocycles. The smallest absolute Gasteiger partial charge is 0.330 e. The topological polar surface area (TPSA) is 143 Å². The zero-order valence-corrected chi connectivity index (χ0v) is 16.4. The molecule has 2 heterocycles. The van der Waals surface area contributed by atoms with Gasteiger partial charge in [0.25, 0.3) is 18.9 Å². The van der Waals surface area contributed by atoms with Gasteiger partial charge in [0, 0.05) is 25.0 Å². The number of alkyl halides is 1. The lowest BCUT2D eigenvalue weighted by Gasteiger charge is -2.27. The Kier molecular flexibility index (Phi) is 6.45. The van der Waals surface area contributed by atoms with Gasteiger partial charge in [0.15, 0.2) is 6.23 Å². The number of aromatic nitrogens is 2. The molecule has 6 atom stereocenters. The first-order valence-corrected chi connectivity index (χ1v) is 10.5. The third kappa shape index (κ3) is 4.92. The van der Waals surface area contributed by atoms with Crippen molar-refractivity contribution in [2.24, 2.45) is 5.92 Å². The Balaban J connectivity index is 2.14. The van der Waals surface area contributed by atoms with Crippen molar-refractivity contribution in [3.8, 4) is 0 Å². The minimum atomic E-state index is -3.43. The predicted octanol–water partition coefficient (Wildman–Crippen LogP) is -0.0734. The maximum atomic E-state index is 15.0. The average molecular weight is 409 g/mol. The molecule has 0 radical (unpaired) electrons. The largest absolute Gasteiger partial charge is 0.385 e. The van der Waals surface area contributed by atoms with Gasteiger partial charge in [-0.3, -0.25) is 18.9 Å². The molecular weight excluding hydrogens is 384 g/mol. The normalized spacial score (nSPS) is 31.8. The lowest BCUT2D eigenvalue weighted by Crippen LogP contribution is -2.43. The van der Waals surface area contributed by atoms with E-state index < -0.39 is 49.7 Å². The van der Waals surface area contributed by atoms with Gasteiger partial charge in [-0.2, -0.15) is 0 Å². The first kappa shape index (κ1) is 21.9. The highest BCUT2D eigenvalue weighted by Crippen LogP contribution is 2.44. The molecule has 1 fully saturated rings. The van der Waals surface area contributed by atoms with Crippen molar-refractivity contribution in [3.05, 3.63) is 33.1 Å². The summed E-state index contributed by atoms with van der Waals surface area (Å²) < 4.78 is 38.4. The summed E-state index contributed by atoms with van der Waals surface area (Å²) in [6, 6.07) is 0.805. The fourth-order valence-electron chi connectivity index (χ4n) is 2.49. The molecule has 0 amide bonds. The molecule has 0 spiro atoms. The van der Waals surface area contributed by atoms with Crippen LogP contribution in [0.15, 0.2) is 21.9 Å². The summed E-state index contributed by atoms with van der Waals surface area (Å²) in [5, 5.41) is 22.9. The van der Waals surface area contributed by atoms with E-state index in [1.54, 1.807) is 6.92 Å². The van der Waals surface area contributed by atoms with Crippen LogP contribution < -0.4 is 16.3 Å². The van der Waals surface area contributed by atoms with Crippen LogP contribution in [0, 0.1) is 5.92 Å². The molecule has 1 saturated heterocycles. The second-order valence-corrected chi connectivity index (χ2v) is 9.24. The van der Waals surface area contributed by atoms with E-state index in [-0.39, 0.29) is 12.0 Å². The Bertz CT molecular complexity index is 828. The molecule has 1 aliphatic rings. The van der Waals surface area contributed by atoms with E-state index in [1.807, 2.05) is 18.8 Å². The van der Waals surface area contributed by atoms with Gasteiger partial charge in [-0.15, -0.1) is 0 Å². The highest BCUT2D eigenvalue weighted by molar-refractivity contribution is 7.56. The highest BCUT2D eigenvalue weighted by Gasteiger charge is 2.57. The van der Waals surface area contributed by atoms with Crippen LogP contribution in [0.3, 0.4) is 0 Å². The number of nitrogens with zero attached hydrogens (tertiary/aromatic N) is 1. The minimum absolute atomic E-state index is 0.146. The summed E-state index contributed by atoms with van der Waals surface area (Å²) in [7, 11) is -3.43. The SMILES string of the molecule is CC(C)[C@H](C)NP(C)(=O)OC[C@@]1(F)O[C@@H](n2ccc(=O)[nH]c2=O)[C@@H](O)C1O. The quantitative estimate of drug-likeness (QED) is 0.458. The van der Waals surface area contributed by atoms with Crippen molar-refractivity contribution in [1.82, 2.24) is 14.6 Å². The number of aromatic amines is 1. The molecule has 1 aliphatic heterocycles. The number of nitrogens with one attached hydrogen (secondary N) is 2. The van der Waals surface area contributed by atoms with Crippen LogP contribution in [-0.4, -0.2) is 57.1 Å². The van der Waals surface area contributed by atoms with Crippen LogP contribution in [0.5, 0.6) is 0 Å². The number of hydrogen-bond donors (Lipinski definition) is 4. The molecule has 27 heavy (non-hydrogen) atoms. The number of ether oxygens (including phenoxy) is 1. The third-order valence-electron chi connectivity index (χ3n) is 4.45. The summed E-state index contributed by atoms with van der Waals surface area (Å²) >= 11 is 0. The van der Waals surface area contributed by atoms with E-state index in [1.165, 1.54) is 6.66 Å². The fourth-order valence-corrected chi connectivity index (χ4v) is 4.02. The van der Waals surface area contributed by atoms with Crippen LogP contribution in [0.4, 0.5) is 4.39 Å². The summed E-state index contributed by atoms with van der Waals surface area (Å²) in [4.78, 5) is 24.9. The number of H-pyrrole nitrogens is 1. The molecule has 0 aliphatic carbocycles. The monoisotopic (exact) mass is 409 g/mol. The number of aliphatic hydroxyl groups is 2. The molecule has 0 aromatic carbocycles. The zero-order valence-electron chi connectivity index (χ0n) is 15.5. The Morgan fingerprint density at radius 1 is 1.44 bits per heavy atom. The maximum Gasteiger partial charge on any atom is 0.330 e. The van der Waals surface area contributed by atoms with Crippen LogP contribution in [0.2, 0.25) is 0 Å². The number of halogens is 1. The molecular formula is C15H25FN3O7P. The first-order chi connectivity index (χ1) is 12.4. The van der Waals surface area contributed by atoms with E-state index in [4.69, 9.17) is 9.26 Å². The predicted molar refractivity (Wildman–Crippen MR) is 94.2 cm³/mol. The summed E-state index contributed by atoms with van der Waals surface area (Å²) in [6.45, 7) is 5.92. The number of rotatable bonds is 7. The van der Waals surface area contributed by atoms with Crippen molar-refractivity contribution in [1.29, 1.82) is 0 Å². The van der Waals surface area contributed by atoms with E-state index >= 15 is 4.39 Å². The second-order valence-electron chi connectivity index (χ2n) is 7.03. The van der Waals surface area contributed by atoms with Crippen molar-refractivity contribution in [2.75, 3.05) is 13.3 Å². The van der Waals surface area contributed by atoms with Crippen LogP contribution in [0.1, 0.15) is 27.0 Å². The van der Waals surface area contributed by atoms with Gasteiger partial charge in [-0.25, -0.2) is 14.3 Å². The van der Waals surface area contributed by atoms with Crippen LogP contribution in [0.25, 0.3) is 0 Å². The first-order valence-electron chi connectivity index (χ1n) is 8.40. The summed E-state index contributed by atoms with van der Waals surface area (Å²) in [5.74, 6) is -2.76. The molecule has 12 heteroatoms. The Morgan fingerprint density at radius 3 is 2.63 bits per heavy atom.